The van der Waals surface area contributed by atoms with Crippen molar-refractivity contribution in [1.29, 1.82) is 0 Å². The third-order valence-electron chi connectivity index (χ3n) is 3.78. The average molecular weight is 312 g/mol. The van der Waals surface area contributed by atoms with E-state index in [0.29, 0.717) is 12.8 Å². The fourth-order valence-corrected chi connectivity index (χ4v) is 3.84. The molecular formula is C15H24N2O3S. The van der Waals surface area contributed by atoms with Crippen LogP contribution in [-0.2, 0) is 10.0 Å². The minimum Gasteiger partial charge on any atom is -0.391 e. The van der Waals surface area contributed by atoms with E-state index in [9.17, 15) is 13.5 Å². The Hall–Kier alpha value is -1.11. The van der Waals surface area contributed by atoms with Crippen LogP contribution in [-0.4, -0.2) is 32.2 Å². The first kappa shape index (κ1) is 16.3. The first-order valence-corrected chi connectivity index (χ1v) is 9.05. The van der Waals surface area contributed by atoms with Crippen molar-refractivity contribution >= 4 is 15.7 Å². The van der Waals surface area contributed by atoms with Gasteiger partial charge in [0.25, 0.3) is 0 Å². The third-order valence-corrected chi connectivity index (χ3v) is 5.29. The highest BCUT2D eigenvalue weighted by molar-refractivity contribution is 7.89. The normalized spacial score (nSPS) is 23.0. The summed E-state index contributed by atoms with van der Waals surface area (Å²) in [6.45, 7) is 2.93. The van der Waals surface area contributed by atoms with Gasteiger partial charge in [-0.25, -0.2) is 13.1 Å². The van der Waals surface area contributed by atoms with Gasteiger partial charge in [0.15, 0.2) is 0 Å². The highest BCUT2D eigenvalue weighted by Crippen LogP contribution is 2.21. The zero-order valence-corrected chi connectivity index (χ0v) is 13.2. The number of anilines is 1. The van der Waals surface area contributed by atoms with Gasteiger partial charge in [-0.15, -0.1) is 0 Å². The molecule has 3 N–H and O–H groups in total. The van der Waals surface area contributed by atoms with Gasteiger partial charge in [0.05, 0.1) is 11.0 Å². The maximum atomic E-state index is 12.3. The number of sulfonamides is 1. The second-order valence-corrected chi connectivity index (χ2v) is 7.24. The molecule has 1 aromatic rings. The highest BCUT2D eigenvalue weighted by Gasteiger charge is 2.27. The van der Waals surface area contributed by atoms with Gasteiger partial charge < -0.3 is 10.4 Å². The van der Waals surface area contributed by atoms with Gasteiger partial charge in [0.1, 0.15) is 0 Å². The van der Waals surface area contributed by atoms with E-state index in [1.807, 2.05) is 0 Å². The lowest BCUT2D eigenvalue weighted by atomic mass is 9.93. The summed E-state index contributed by atoms with van der Waals surface area (Å²) in [4.78, 5) is 0.238. The zero-order chi connectivity index (χ0) is 15.3. The van der Waals surface area contributed by atoms with Crippen LogP contribution in [0.5, 0.6) is 0 Å². The van der Waals surface area contributed by atoms with Crippen molar-refractivity contribution in [3.63, 3.8) is 0 Å². The quantitative estimate of drug-likeness (QED) is 0.751. The Labute approximate surface area is 126 Å². The van der Waals surface area contributed by atoms with E-state index in [4.69, 9.17) is 0 Å². The monoisotopic (exact) mass is 312 g/mol. The molecular weight excluding hydrogens is 288 g/mol. The Morgan fingerprint density at radius 3 is 2.48 bits per heavy atom. The molecule has 1 fully saturated rings. The van der Waals surface area contributed by atoms with Gasteiger partial charge >= 0.3 is 0 Å². The number of aliphatic hydroxyl groups is 1. The molecule has 6 heteroatoms. The van der Waals surface area contributed by atoms with Crippen molar-refractivity contribution in [2.24, 2.45) is 0 Å². The summed E-state index contributed by atoms with van der Waals surface area (Å²) in [5, 5.41) is 13.1. The minimum absolute atomic E-state index is 0.238. The fraction of sp³-hybridized carbons (Fsp3) is 0.600. The molecule has 0 amide bonds. The van der Waals surface area contributed by atoms with Gasteiger partial charge in [-0.1, -0.05) is 19.8 Å². The van der Waals surface area contributed by atoms with Gasteiger partial charge in [0, 0.05) is 18.3 Å². The number of benzene rings is 1. The van der Waals surface area contributed by atoms with Crippen molar-refractivity contribution in [3.05, 3.63) is 24.3 Å². The van der Waals surface area contributed by atoms with Crippen LogP contribution in [0.25, 0.3) is 0 Å². The van der Waals surface area contributed by atoms with E-state index in [-0.39, 0.29) is 10.9 Å². The summed E-state index contributed by atoms with van der Waals surface area (Å²) in [5.74, 6) is 0. The van der Waals surface area contributed by atoms with Crippen LogP contribution < -0.4 is 10.0 Å². The van der Waals surface area contributed by atoms with Crippen LogP contribution in [0.2, 0.25) is 0 Å². The van der Waals surface area contributed by atoms with Crippen LogP contribution >= 0.6 is 0 Å². The van der Waals surface area contributed by atoms with E-state index in [0.717, 1.165) is 31.5 Å². The Balaban J connectivity index is 2.04. The first-order chi connectivity index (χ1) is 10.0. The molecule has 0 bridgehead atoms. The predicted octanol–water partition coefficient (Wildman–Crippen LogP) is 2.09. The van der Waals surface area contributed by atoms with Crippen LogP contribution in [0.3, 0.4) is 0 Å². The van der Waals surface area contributed by atoms with Crippen molar-refractivity contribution in [2.45, 2.75) is 56.1 Å². The van der Waals surface area contributed by atoms with Gasteiger partial charge in [-0.3, -0.25) is 0 Å². The van der Waals surface area contributed by atoms with Crippen LogP contribution in [0.1, 0.15) is 39.0 Å². The second-order valence-electron chi connectivity index (χ2n) is 5.53. The lowest BCUT2D eigenvalue weighted by molar-refractivity contribution is 0.101. The van der Waals surface area contributed by atoms with E-state index in [1.54, 1.807) is 24.3 Å². The first-order valence-electron chi connectivity index (χ1n) is 7.57. The summed E-state index contributed by atoms with van der Waals surface area (Å²) in [7, 11) is -3.57. The summed E-state index contributed by atoms with van der Waals surface area (Å²) in [5.41, 5.74) is 0.911. The SMILES string of the molecule is CCCNc1ccc(S(=O)(=O)NC2CCCCC2O)cc1. The average Bonchev–Trinajstić information content (AvgIpc) is 2.48. The number of hydrogen-bond donors (Lipinski definition) is 3. The summed E-state index contributed by atoms with van der Waals surface area (Å²) in [6, 6.07) is 6.34. The van der Waals surface area contributed by atoms with Crippen molar-refractivity contribution in [1.82, 2.24) is 4.72 Å². The van der Waals surface area contributed by atoms with Crippen molar-refractivity contribution in [2.75, 3.05) is 11.9 Å². The topological polar surface area (TPSA) is 78.4 Å². The Bertz CT molecular complexity index is 543. The number of rotatable bonds is 6. The standard InChI is InChI=1S/C15H24N2O3S/c1-2-11-16-12-7-9-13(10-8-12)21(19,20)17-14-5-3-4-6-15(14)18/h7-10,14-18H,2-6,11H2,1H3. The molecule has 0 aliphatic heterocycles. The van der Waals surface area contributed by atoms with Gasteiger partial charge in [-0.05, 0) is 43.5 Å². The molecule has 1 saturated carbocycles. The summed E-state index contributed by atoms with van der Waals surface area (Å²) < 4.78 is 27.3. The molecule has 0 spiro atoms. The number of aliphatic hydroxyl groups excluding tert-OH is 1. The molecule has 0 saturated heterocycles. The molecule has 1 aliphatic rings. The maximum absolute atomic E-state index is 12.3. The molecule has 118 valence electrons. The Morgan fingerprint density at radius 2 is 1.86 bits per heavy atom. The smallest absolute Gasteiger partial charge is 0.240 e. The molecule has 2 unspecified atom stereocenters. The zero-order valence-electron chi connectivity index (χ0n) is 12.4. The number of nitrogens with one attached hydrogen (secondary N) is 2. The lowest BCUT2D eigenvalue weighted by Crippen LogP contribution is -2.44. The molecule has 21 heavy (non-hydrogen) atoms. The highest BCUT2D eigenvalue weighted by atomic mass is 32.2. The largest absolute Gasteiger partial charge is 0.391 e. The van der Waals surface area contributed by atoms with E-state index < -0.39 is 16.1 Å². The van der Waals surface area contributed by atoms with Crippen molar-refractivity contribution in [3.8, 4) is 0 Å². The molecule has 2 rings (SSSR count). The van der Waals surface area contributed by atoms with E-state index in [2.05, 4.69) is 17.0 Å². The summed E-state index contributed by atoms with van der Waals surface area (Å²) in [6.07, 6.45) is 3.69. The fourth-order valence-electron chi connectivity index (χ4n) is 2.54. The summed E-state index contributed by atoms with van der Waals surface area (Å²) >= 11 is 0. The third kappa shape index (κ3) is 4.43. The molecule has 2 atom stereocenters. The lowest BCUT2D eigenvalue weighted by Gasteiger charge is -2.28. The van der Waals surface area contributed by atoms with Crippen molar-refractivity contribution < 1.29 is 13.5 Å². The Kier molecular flexibility index (Phi) is 5.61. The minimum atomic E-state index is -3.57. The van der Waals surface area contributed by atoms with Gasteiger partial charge in [0.2, 0.25) is 10.0 Å². The Morgan fingerprint density at radius 1 is 1.19 bits per heavy atom. The molecule has 1 aromatic carbocycles. The van der Waals surface area contributed by atoms with Crippen LogP contribution in [0.15, 0.2) is 29.2 Å². The second kappa shape index (κ2) is 7.24. The molecule has 5 nitrogen and oxygen atoms in total. The van der Waals surface area contributed by atoms with Crippen LogP contribution in [0.4, 0.5) is 5.69 Å². The van der Waals surface area contributed by atoms with Crippen LogP contribution in [0, 0.1) is 0 Å². The molecule has 0 radical (unpaired) electrons. The maximum Gasteiger partial charge on any atom is 0.240 e. The molecule has 0 aromatic heterocycles. The van der Waals surface area contributed by atoms with E-state index >= 15 is 0 Å². The number of hydrogen-bond acceptors (Lipinski definition) is 4. The van der Waals surface area contributed by atoms with Gasteiger partial charge in [-0.2, -0.15) is 0 Å². The predicted molar refractivity (Wildman–Crippen MR) is 83.8 cm³/mol. The molecule has 1 aliphatic carbocycles. The molecule has 0 heterocycles. The van der Waals surface area contributed by atoms with E-state index in [1.165, 1.54) is 0 Å².